The first-order chi connectivity index (χ1) is 15.7. The number of benzene rings is 1. The molecular weight excluding hydrogens is 414 g/mol. The van der Waals surface area contributed by atoms with E-state index in [9.17, 15) is 5.11 Å². The van der Waals surface area contributed by atoms with Crippen molar-refractivity contribution in [3.63, 3.8) is 0 Å². The fourth-order valence-corrected chi connectivity index (χ4v) is 5.06. The molecule has 0 radical (unpaired) electrons. The molecule has 1 fully saturated rings. The summed E-state index contributed by atoms with van der Waals surface area (Å²) >= 11 is 0. The summed E-state index contributed by atoms with van der Waals surface area (Å²) in [4.78, 5) is 17.8. The Labute approximate surface area is 193 Å². The van der Waals surface area contributed by atoms with E-state index in [-0.39, 0.29) is 16.8 Å². The van der Waals surface area contributed by atoms with Crippen LogP contribution >= 0.6 is 0 Å². The number of aromatic nitrogens is 5. The van der Waals surface area contributed by atoms with Crippen LogP contribution in [-0.2, 0) is 0 Å². The van der Waals surface area contributed by atoms with Gasteiger partial charge in [-0.2, -0.15) is 0 Å². The Morgan fingerprint density at radius 1 is 0.970 bits per heavy atom. The van der Waals surface area contributed by atoms with Gasteiger partial charge in [0.25, 0.3) is 0 Å². The van der Waals surface area contributed by atoms with E-state index in [1.165, 1.54) is 0 Å². The molecule has 0 spiro atoms. The van der Waals surface area contributed by atoms with Crippen molar-refractivity contribution < 1.29 is 5.11 Å². The summed E-state index contributed by atoms with van der Waals surface area (Å²) in [6.45, 7) is 8.92. The van der Waals surface area contributed by atoms with Crippen LogP contribution in [0, 0.1) is 0 Å². The van der Waals surface area contributed by atoms with Crippen LogP contribution in [0.15, 0.2) is 55.4 Å². The maximum Gasteiger partial charge on any atom is 0.155 e. The summed E-state index contributed by atoms with van der Waals surface area (Å²) in [5.74, 6) is 0.878. The fraction of sp³-hybridized carbons (Fsp3) is 0.360. The lowest BCUT2D eigenvalue weighted by atomic mass is 9.79. The Morgan fingerprint density at radius 3 is 2.42 bits per heavy atom. The van der Waals surface area contributed by atoms with Gasteiger partial charge in [-0.25, -0.2) is 9.97 Å². The number of hydrogen-bond donors (Lipinski definition) is 3. The standard InChI is InChI=1S/C25H29N7O/c1-24(2)10-17(11-25(3,4)31-24)30-22-13-27-19(12-29-22)18-6-5-16(9-21(18)33)20-15-32-8-7-26-23(32)14-28-20/h5-9,12-15,17,31,33H,10-11H2,1-4H3,(H,29,30). The smallest absolute Gasteiger partial charge is 0.155 e. The van der Waals surface area contributed by atoms with Crippen molar-refractivity contribution in [3.05, 3.63) is 55.4 Å². The maximum absolute atomic E-state index is 10.7. The number of nitrogens with one attached hydrogen (secondary N) is 2. The first kappa shape index (κ1) is 21.3. The largest absolute Gasteiger partial charge is 0.507 e. The molecule has 4 aromatic rings. The first-order valence-corrected chi connectivity index (χ1v) is 11.2. The van der Waals surface area contributed by atoms with Crippen molar-refractivity contribution in [2.45, 2.75) is 57.7 Å². The van der Waals surface area contributed by atoms with Gasteiger partial charge in [0.2, 0.25) is 0 Å². The Kier molecular flexibility index (Phi) is 5.05. The summed E-state index contributed by atoms with van der Waals surface area (Å²) in [6.07, 6.45) is 12.6. The van der Waals surface area contributed by atoms with Crippen LogP contribution < -0.4 is 10.6 Å². The number of nitrogens with zero attached hydrogens (tertiary/aromatic N) is 5. The zero-order valence-electron chi connectivity index (χ0n) is 19.4. The highest BCUT2D eigenvalue weighted by Crippen LogP contribution is 2.33. The minimum Gasteiger partial charge on any atom is -0.507 e. The van der Waals surface area contributed by atoms with Crippen LogP contribution in [0.4, 0.5) is 5.82 Å². The molecule has 170 valence electrons. The molecular formula is C25H29N7O. The average Bonchev–Trinajstić information content (AvgIpc) is 3.20. The van der Waals surface area contributed by atoms with Crippen LogP contribution in [0.2, 0.25) is 0 Å². The van der Waals surface area contributed by atoms with E-state index in [2.05, 4.69) is 58.3 Å². The number of aromatic hydroxyl groups is 1. The molecule has 1 aliphatic heterocycles. The van der Waals surface area contributed by atoms with Gasteiger partial charge in [0.1, 0.15) is 11.6 Å². The molecule has 0 atom stereocenters. The van der Waals surface area contributed by atoms with Crippen LogP contribution in [0.25, 0.3) is 28.2 Å². The second-order valence-electron chi connectivity index (χ2n) is 10.1. The number of anilines is 1. The van der Waals surface area contributed by atoms with Gasteiger partial charge < -0.3 is 20.1 Å². The highest BCUT2D eigenvalue weighted by Gasteiger charge is 2.37. The molecule has 4 heterocycles. The molecule has 1 aromatic carbocycles. The van der Waals surface area contributed by atoms with Crippen LogP contribution in [0.1, 0.15) is 40.5 Å². The summed E-state index contributed by atoms with van der Waals surface area (Å²) < 4.78 is 1.90. The molecule has 3 aromatic heterocycles. The van der Waals surface area contributed by atoms with Gasteiger partial charge in [-0.15, -0.1) is 0 Å². The maximum atomic E-state index is 10.7. The van der Waals surface area contributed by atoms with Gasteiger partial charge in [0, 0.05) is 46.8 Å². The number of fused-ring (bicyclic) bond motifs is 1. The van der Waals surface area contributed by atoms with Crippen LogP contribution in [0.5, 0.6) is 5.75 Å². The monoisotopic (exact) mass is 443 g/mol. The molecule has 0 unspecified atom stereocenters. The highest BCUT2D eigenvalue weighted by molar-refractivity contribution is 5.73. The zero-order valence-corrected chi connectivity index (χ0v) is 19.4. The highest BCUT2D eigenvalue weighted by atomic mass is 16.3. The molecule has 5 rings (SSSR count). The average molecular weight is 444 g/mol. The Balaban J connectivity index is 1.33. The van der Waals surface area contributed by atoms with E-state index in [1.54, 1.807) is 30.9 Å². The topological polar surface area (TPSA) is 100 Å². The van der Waals surface area contributed by atoms with E-state index in [0.29, 0.717) is 17.3 Å². The van der Waals surface area contributed by atoms with Gasteiger partial charge >= 0.3 is 0 Å². The minimum atomic E-state index is 0.0531. The second-order valence-corrected chi connectivity index (χ2v) is 10.1. The SMILES string of the molecule is CC1(C)CC(Nc2cnc(-c3ccc(-c4cn5ccnc5cn4)cc3O)cn2)CC(C)(C)N1. The third kappa shape index (κ3) is 4.52. The molecule has 0 amide bonds. The molecule has 33 heavy (non-hydrogen) atoms. The number of hydrogen-bond acceptors (Lipinski definition) is 7. The van der Waals surface area contributed by atoms with E-state index in [4.69, 9.17) is 0 Å². The molecule has 0 bridgehead atoms. The number of rotatable bonds is 4. The van der Waals surface area contributed by atoms with Crippen molar-refractivity contribution in [1.82, 2.24) is 29.7 Å². The third-order valence-corrected chi connectivity index (χ3v) is 6.04. The number of imidazole rings is 1. The molecule has 8 nitrogen and oxygen atoms in total. The van der Waals surface area contributed by atoms with Gasteiger partial charge in [0.05, 0.1) is 30.0 Å². The van der Waals surface area contributed by atoms with Crippen LogP contribution in [-0.4, -0.2) is 46.6 Å². The normalized spacial score (nSPS) is 17.8. The molecule has 8 heteroatoms. The van der Waals surface area contributed by atoms with Crippen molar-refractivity contribution in [2.75, 3.05) is 5.32 Å². The number of phenols is 1. The zero-order chi connectivity index (χ0) is 23.2. The van der Waals surface area contributed by atoms with E-state index in [0.717, 1.165) is 35.6 Å². The lowest BCUT2D eigenvalue weighted by Crippen LogP contribution is -2.60. The summed E-state index contributed by atoms with van der Waals surface area (Å²) in [7, 11) is 0. The molecule has 3 N–H and O–H groups in total. The molecule has 1 aliphatic rings. The van der Waals surface area contributed by atoms with Crippen molar-refractivity contribution in [1.29, 1.82) is 0 Å². The van der Waals surface area contributed by atoms with Crippen molar-refractivity contribution >= 4 is 11.5 Å². The summed E-state index contributed by atoms with van der Waals surface area (Å²) in [6, 6.07) is 5.78. The van der Waals surface area contributed by atoms with Crippen molar-refractivity contribution in [2.24, 2.45) is 0 Å². The number of phenolic OH excluding ortho intramolecular Hbond substituents is 1. The van der Waals surface area contributed by atoms with E-state index < -0.39 is 0 Å². The minimum absolute atomic E-state index is 0.0531. The van der Waals surface area contributed by atoms with Crippen molar-refractivity contribution in [3.8, 4) is 28.3 Å². The molecule has 0 aliphatic carbocycles. The Morgan fingerprint density at radius 2 is 1.73 bits per heavy atom. The predicted octanol–water partition coefficient (Wildman–Crippen LogP) is 4.28. The number of piperidine rings is 1. The van der Waals surface area contributed by atoms with Gasteiger partial charge in [0.15, 0.2) is 5.65 Å². The Bertz CT molecular complexity index is 1280. The lowest BCUT2D eigenvalue weighted by Gasteiger charge is -2.46. The van der Waals surface area contributed by atoms with Gasteiger partial charge in [-0.3, -0.25) is 9.97 Å². The predicted molar refractivity (Wildman–Crippen MR) is 129 cm³/mol. The third-order valence-electron chi connectivity index (χ3n) is 6.04. The fourth-order valence-electron chi connectivity index (χ4n) is 5.06. The van der Waals surface area contributed by atoms with Gasteiger partial charge in [-0.05, 0) is 52.7 Å². The lowest BCUT2D eigenvalue weighted by molar-refractivity contribution is 0.170. The summed E-state index contributed by atoms with van der Waals surface area (Å²) in [5, 5.41) is 17.9. The van der Waals surface area contributed by atoms with Crippen LogP contribution in [0.3, 0.4) is 0 Å². The Hall–Kier alpha value is -3.52. The first-order valence-electron chi connectivity index (χ1n) is 11.2. The molecule has 0 saturated carbocycles. The van der Waals surface area contributed by atoms with E-state index in [1.807, 2.05) is 28.9 Å². The quantitative estimate of drug-likeness (QED) is 0.433. The van der Waals surface area contributed by atoms with E-state index >= 15 is 0 Å². The van der Waals surface area contributed by atoms with Gasteiger partial charge in [-0.1, -0.05) is 6.07 Å². The second kappa shape index (κ2) is 7.81. The summed E-state index contributed by atoms with van der Waals surface area (Å²) in [5.41, 5.74) is 3.70. The molecule has 1 saturated heterocycles.